The Morgan fingerprint density at radius 3 is 1.91 bits per heavy atom. The average Bonchev–Trinajstić information content (AvgIpc) is 1.90. The van der Waals surface area contributed by atoms with Gasteiger partial charge >= 0.3 is 0 Å². The molecule has 0 spiro atoms. The highest BCUT2D eigenvalue weighted by molar-refractivity contribution is 5.85. The molecular weight excluding hydrogens is 187 g/mol. The van der Waals surface area contributed by atoms with E-state index in [1.54, 1.807) is 4.90 Å². The molecule has 0 aliphatic carbocycles. The lowest BCUT2D eigenvalue weighted by Crippen LogP contribution is -2.43. The van der Waals surface area contributed by atoms with Crippen molar-refractivity contribution in [2.75, 3.05) is 33.2 Å². The Hall–Kier alpha value is 0.01000. The van der Waals surface area contributed by atoms with Gasteiger partial charge < -0.3 is 9.80 Å². The largest absolute Gasteiger partial charge is 0.343 e. The Labute approximate surface area is 79.5 Å². The number of rotatable bonds is 1. The van der Waals surface area contributed by atoms with Crippen molar-refractivity contribution in [3.63, 3.8) is 0 Å². The number of amides is 1. The van der Waals surface area contributed by atoms with E-state index in [1.165, 1.54) is 0 Å². The number of halogens is 2. The first-order valence-electron chi connectivity index (χ1n) is 3.21. The first-order valence-corrected chi connectivity index (χ1v) is 3.21. The summed E-state index contributed by atoms with van der Waals surface area (Å²) in [5.41, 5.74) is 0. The van der Waals surface area contributed by atoms with Gasteiger partial charge in [-0.3, -0.25) is 4.79 Å². The van der Waals surface area contributed by atoms with Gasteiger partial charge in [-0.05, 0) is 7.05 Å². The summed E-state index contributed by atoms with van der Waals surface area (Å²) >= 11 is 0. The molecule has 1 rings (SSSR count). The van der Waals surface area contributed by atoms with Crippen LogP contribution in [0.25, 0.3) is 0 Å². The van der Waals surface area contributed by atoms with Crippen LogP contribution in [-0.4, -0.2) is 49.4 Å². The standard InChI is InChI=1S/C6H12N2O.2ClH/c1-7-2-4-8(6-9)5-3-7;;/h6H,2-5H2,1H3;2*1H. The van der Waals surface area contributed by atoms with E-state index in [9.17, 15) is 4.79 Å². The number of hydrogen-bond donors (Lipinski definition) is 0. The number of piperazine rings is 1. The summed E-state index contributed by atoms with van der Waals surface area (Å²) in [7, 11) is 2.07. The van der Waals surface area contributed by atoms with Gasteiger partial charge in [0.1, 0.15) is 0 Å². The molecule has 0 aromatic rings. The number of nitrogens with zero attached hydrogens (tertiary/aromatic N) is 2. The van der Waals surface area contributed by atoms with Gasteiger partial charge in [-0.15, -0.1) is 24.8 Å². The van der Waals surface area contributed by atoms with E-state index >= 15 is 0 Å². The van der Waals surface area contributed by atoms with E-state index in [0.717, 1.165) is 32.6 Å². The molecule has 0 aromatic heterocycles. The predicted molar refractivity (Wildman–Crippen MR) is 49.6 cm³/mol. The monoisotopic (exact) mass is 200 g/mol. The summed E-state index contributed by atoms with van der Waals surface area (Å²) in [6.45, 7) is 3.80. The van der Waals surface area contributed by atoms with Crippen LogP contribution < -0.4 is 0 Å². The first-order chi connectivity index (χ1) is 4.33. The number of carbonyl (C=O) groups excluding carboxylic acids is 1. The molecule has 1 aliphatic rings. The highest BCUT2D eigenvalue weighted by Crippen LogP contribution is 1.94. The van der Waals surface area contributed by atoms with Gasteiger partial charge in [0.2, 0.25) is 6.41 Å². The van der Waals surface area contributed by atoms with Crippen LogP contribution in [0.4, 0.5) is 0 Å². The molecule has 0 saturated carbocycles. The van der Waals surface area contributed by atoms with Crippen molar-refractivity contribution >= 4 is 31.2 Å². The maximum absolute atomic E-state index is 10.2. The molecule has 0 aromatic carbocycles. The fourth-order valence-corrected chi connectivity index (χ4v) is 0.927. The van der Waals surface area contributed by atoms with Crippen molar-refractivity contribution in [3.05, 3.63) is 0 Å². The van der Waals surface area contributed by atoms with Crippen LogP contribution in [0.15, 0.2) is 0 Å². The third kappa shape index (κ3) is 4.45. The van der Waals surface area contributed by atoms with E-state index in [0.29, 0.717) is 0 Å². The summed E-state index contributed by atoms with van der Waals surface area (Å²) in [4.78, 5) is 14.2. The molecule has 1 saturated heterocycles. The summed E-state index contributed by atoms with van der Waals surface area (Å²) < 4.78 is 0. The summed E-state index contributed by atoms with van der Waals surface area (Å²) in [6.07, 6.45) is 0.924. The molecule has 11 heavy (non-hydrogen) atoms. The SMILES string of the molecule is CN1CCN(C=O)CC1.Cl.Cl. The van der Waals surface area contributed by atoms with Crippen molar-refractivity contribution in [1.29, 1.82) is 0 Å². The number of likely N-dealkylation sites (N-methyl/N-ethyl adjacent to an activating group) is 1. The summed E-state index contributed by atoms with van der Waals surface area (Å²) in [6, 6.07) is 0. The van der Waals surface area contributed by atoms with E-state index in [-0.39, 0.29) is 24.8 Å². The zero-order valence-electron chi connectivity index (χ0n) is 6.52. The van der Waals surface area contributed by atoms with Crippen molar-refractivity contribution < 1.29 is 4.79 Å². The lowest BCUT2D eigenvalue weighted by Gasteiger charge is -2.29. The van der Waals surface area contributed by atoms with Crippen LogP contribution >= 0.6 is 24.8 Å². The third-order valence-electron chi connectivity index (χ3n) is 1.69. The Bertz CT molecular complexity index is 105. The fourth-order valence-electron chi connectivity index (χ4n) is 0.927. The molecule has 0 bridgehead atoms. The Morgan fingerprint density at radius 2 is 1.55 bits per heavy atom. The summed E-state index contributed by atoms with van der Waals surface area (Å²) in [5, 5.41) is 0. The van der Waals surface area contributed by atoms with Crippen molar-refractivity contribution in [3.8, 4) is 0 Å². The zero-order valence-corrected chi connectivity index (χ0v) is 8.16. The molecule has 0 unspecified atom stereocenters. The lowest BCUT2D eigenvalue weighted by molar-refractivity contribution is -0.119. The number of carbonyl (C=O) groups is 1. The molecule has 1 aliphatic heterocycles. The van der Waals surface area contributed by atoms with Gasteiger partial charge in [0.15, 0.2) is 0 Å². The first kappa shape index (κ1) is 13.6. The normalized spacial score (nSPS) is 18.1. The van der Waals surface area contributed by atoms with Crippen LogP contribution in [0.3, 0.4) is 0 Å². The van der Waals surface area contributed by atoms with E-state index in [4.69, 9.17) is 0 Å². The van der Waals surface area contributed by atoms with Crippen molar-refractivity contribution in [2.45, 2.75) is 0 Å². The highest BCUT2D eigenvalue weighted by Gasteiger charge is 2.10. The molecule has 1 amide bonds. The topological polar surface area (TPSA) is 23.6 Å². The van der Waals surface area contributed by atoms with E-state index < -0.39 is 0 Å². The summed E-state index contributed by atoms with van der Waals surface area (Å²) in [5.74, 6) is 0. The molecular formula is C6H14Cl2N2O. The van der Waals surface area contributed by atoms with Gasteiger partial charge in [0.05, 0.1) is 0 Å². The lowest BCUT2D eigenvalue weighted by atomic mass is 10.4. The minimum Gasteiger partial charge on any atom is -0.343 e. The molecule has 0 radical (unpaired) electrons. The fraction of sp³-hybridized carbons (Fsp3) is 0.833. The molecule has 68 valence electrons. The Morgan fingerprint density at radius 1 is 1.09 bits per heavy atom. The van der Waals surface area contributed by atoms with E-state index in [2.05, 4.69) is 11.9 Å². The van der Waals surface area contributed by atoms with Crippen molar-refractivity contribution in [1.82, 2.24) is 9.80 Å². The Kier molecular flexibility index (Phi) is 8.28. The molecule has 1 heterocycles. The molecule has 1 fully saturated rings. The third-order valence-corrected chi connectivity index (χ3v) is 1.69. The second-order valence-electron chi connectivity index (χ2n) is 2.44. The average molecular weight is 201 g/mol. The maximum Gasteiger partial charge on any atom is 0.209 e. The van der Waals surface area contributed by atoms with Gasteiger partial charge in [0.25, 0.3) is 0 Å². The minimum absolute atomic E-state index is 0. The van der Waals surface area contributed by atoms with Crippen LogP contribution in [0, 0.1) is 0 Å². The maximum atomic E-state index is 10.2. The quantitative estimate of drug-likeness (QED) is 0.567. The van der Waals surface area contributed by atoms with Crippen LogP contribution in [-0.2, 0) is 4.79 Å². The zero-order chi connectivity index (χ0) is 6.69. The van der Waals surface area contributed by atoms with Crippen LogP contribution in [0.5, 0.6) is 0 Å². The predicted octanol–water partition coefficient (Wildman–Crippen LogP) is 0.234. The smallest absolute Gasteiger partial charge is 0.209 e. The van der Waals surface area contributed by atoms with Crippen LogP contribution in [0.1, 0.15) is 0 Å². The highest BCUT2D eigenvalue weighted by atomic mass is 35.5. The van der Waals surface area contributed by atoms with Gasteiger partial charge in [0, 0.05) is 26.2 Å². The van der Waals surface area contributed by atoms with Gasteiger partial charge in [-0.25, -0.2) is 0 Å². The Balaban J connectivity index is 0. The van der Waals surface area contributed by atoms with Crippen molar-refractivity contribution in [2.24, 2.45) is 0 Å². The van der Waals surface area contributed by atoms with Gasteiger partial charge in [-0.1, -0.05) is 0 Å². The second-order valence-corrected chi connectivity index (χ2v) is 2.44. The van der Waals surface area contributed by atoms with Crippen LogP contribution in [0.2, 0.25) is 0 Å². The van der Waals surface area contributed by atoms with Gasteiger partial charge in [-0.2, -0.15) is 0 Å². The number of hydrogen-bond acceptors (Lipinski definition) is 2. The minimum atomic E-state index is 0. The molecule has 0 N–H and O–H groups in total. The molecule has 3 nitrogen and oxygen atoms in total. The molecule has 5 heteroatoms. The van der Waals surface area contributed by atoms with E-state index in [1.807, 2.05) is 0 Å². The molecule has 0 atom stereocenters. The second kappa shape index (κ2) is 6.70.